The summed E-state index contributed by atoms with van der Waals surface area (Å²) < 4.78 is 59.8. The molecule has 2 aromatic rings. The fourth-order valence-corrected chi connectivity index (χ4v) is 4.99. The number of carbonyl (C=O) groups is 1. The maximum atomic E-state index is 12.9. The number of sulfonamides is 1. The van der Waals surface area contributed by atoms with Gasteiger partial charge in [-0.25, -0.2) is 16.8 Å². The zero-order valence-electron chi connectivity index (χ0n) is 18.8. The van der Waals surface area contributed by atoms with Gasteiger partial charge in [-0.1, -0.05) is 12.1 Å². The number of ether oxygens (including phenoxy) is 2. The molecule has 2 atom stereocenters. The highest BCUT2D eigenvalue weighted by Crippen LogP contribution is 2.33. The first-order chi connectivity index (χ1) is 14.8. The molecule has 0 radical (unpaired) electrons. The molecule has 9 nitrogen and oxygen atoms in total. The van der Waals surface area contributed by atoms with Crippen LogP contribution in [0.4, 0.5) is 5.69 Å². The van der Waals surface area contributed by atoms with E-state index in [9.17, 15) is 21.6 Å². The Bertz CT molecular complexity index is 1180. The fourth-order valence-electron chi connectivity index (χ4n) is 3.19. The van der Waals surface area contributed by atoms with Crippen LogP contribution in [0, 0.1) is 0 Å². The van der Waals surface area contributed by atoms with Crippen LogP contribution in [0.15, 0.2) is 47.4 Å². The van der Waals surface area contributed by atoms with E-state index in [0.717, 1.165) is 16.8 Å². The summed E-state index contributed by atoms with van der Waals surface area (Å²) in [5.41, 5.74) is 0.924. The van der Waals surface area contributed by atoms with Crippen molar-refractivity contribution in [2.75, 3.05) is 31.0 Å². The van der Waals surface area contributed by atoms with E-state index in [0.29, 0.717) is 17.1 Å². The minimum absolute atomic E-state index is 0.171. The van der Waals surface area contributed by atoms with Gasteiger partial charge in [-0.05, 0) is 43.7 Å². The number of nitrogens with one attached hydrogen (secondary N) is 1. The Morgan fingerprint density at radius 1 is 0.906 bits per heavy atom. The van der Waals surface area contributed by atoms with Gasteiger partial charge in [0.1, 0.15) is 6.04 Å². The van der Waals surface area contributed by atoms with Crippen LogP contribution < -0.4 is 19.1 Å². The van der Waals surface area contributed by atoms with E-state index >= 15 is 0 Å². The number of amides is 1. The Hall–Kier alpha value is -2.79. The van der Waals surface area contributed by atoms with E-state index in [1.54, 1.807) is 25.1 Å². The summed E-state index contributed by atoms with van der Waals surface area (Å²) in [5.74, 6) is 0.225. The SMILES string of the molecule is COc1ccc(N([C@@H](C)C(=O)N[C@H](C)c2ccc(S(C)(=O)=O)cc2)S(C)(=O)=O)cc1OC. The molecule has 1 amide bonds. The third-order valence-electron chi connectivity index (χ3n) is 4.88. The Morgan fingerprint density at radius 2 is 1.47 bits per heavy atom. The summed E-state index contributed by atoms with van der Waals surface area (Å²) in [6.07, 6.45) is 2.13. The third kappa shape index (κ3) is 5.92. The third-order valence-corrected chi connectivity index (χ3v) is 7.25. The molecule has 176 valence electrons. The number of methoxy groups -OCH3 is 2. The van der Waals surface area contributed by atoms with E-state index in [-0.39, 0.29) is 10.6 Å². The second-order valence-electron chi connectivity index (χ2n) is 7.35. The summed E-state index contributed by atoms with van der Waals surface area (Å²) in [6, 6.07) is 9.15. The first-order valence-corrected chi connectivity index (χ1v) is 13.4. The van der Waals surface area contributed by atoms with Crippen LogP contribution in [0.1, 0.15) is 25.5 Å². The number of benzene rings is 2. The van der Waals surface area contributed by atoms with Crippen molar-refractivity contribution in [3.05, 3.63) is 48.0 Å². The number of sulfone groups is 1. The highest BCUT2D eigenvalue weighted by atomic mass is 32.2. The molecule has 0 heterocycles. The first kappa shape index (κ1) is 25.5. The van der Waals surface area contributed by atoms with Gasteiger partial charge in [0.15, 0.2) is 21.3 Å². The molecule has 11 heteroatoms. The predicted molar refractivity (Wildman–Crippen MR) is 122 cm³/mol. The van der Waals surface area contributed by atoms with Crippen molar-refractivity contribution >= 4 is 31.5 Å². The summed E-state index contributed by atoms with van der Waals surface area (Å²) in [4.78, 5) is 13.1. The van der Waals surface area contributed by atoms with Crippen molar-refractivity contribution in [3.63, 3.8) is 0 Å². The van der Waals surface area contributed by atoms with Gasteiger partial charge in [-0.2, -0.15) is 0 Å². The lowest BCUT2D eigenvalue weighted by Gasteiger charge is -2.29. The second kappa shape index (κ2) is 9.78. The Morgan fingerprint density at radius 3 is 1.94 bits per heavy atom. The predicted octanol–water partition coefficient (Wildman–Crippen LogP) is 2.14. The molecule has 0 fully saturated rings. The summed E-state index contributed by atoms with van der Waals surface area (Å²) in [6.45, 7) is 3.20. The first-order valence-electron chi connectivity index (χ1n) is 9.61. The molecule has 0 aliphatic carbocycles. The fraction of sp³-hybridized carbons (Fsp3) is 0.381. The molecule has 32 heavy (non-hydrogen) atoms. The summed E-state index contributed by atoms with van der Waals surface area (Å²) in [5, 5.41) is 2.78. The molecule has 2 aromatic carbocycles. The van der Waals surface area contributed by atoms with Gasteiger partial charge < -0.3 is 14.8 Å². The lowest BCUT2D eigenvalue weighted by Crippen LogP contribution is -2.48. The Labute approximate surface area is 189 Å². The molecule has 0 bridgehead atoms. The molecule has 0 aliphatic rings. The zero-order valence-corrected chi connectivity index (χ0v) is 20.5. The molecule has 0 aliphatic heterocycles. The molecule has 2 rings (SSSR count). The van der Waals surface area contributed by atoms with Crippen LogP contribution in [0.3, 0.4) is 0 Å². The minimum Gasteiger partial charge on any atom is -0.493 e. The largest absolute Gasteiger partial charge is 0.493 e. The van der Waals surface area contributed by atoms with Gasteiger partial charge >= 0.3 is 0 Å². The number of hydrogen-bond donors (Lipinski definition) is 1. The highest BCUT2D eigenvalue weighted by Gasteiger charge is 2.30. The average molecular weight is 485 g/mol. The molecular formula is C21H28N2O7S2. The van der Waals surface area contributed by atoms with Crippen molar-refractivity contribution < 1.29 is 31.1 Å². The maximum Gasteiger partial charge on any atom is 0.244 e. The lowest BCUT2D eigenvalue weighted by atomic mass is 10.1. The van der Waals surface area contributed by atoms with E-state index in [1.165, 1.54) is 45.4 Å². The highest BCUT2D eigenvalue weighted by molar-refractivity contribution is 7.92. The Kier molecular flexibility index (Phi) is 7.79. The topological polar surface area (TPSA) is 119 Å². The molecule has 0 unspecified atom stereocenters. The van der Waals surface area contributed by atoms with Gasteiger partial charge in [0.25, 0.3) is 0 Å². The Balaban J connectivity index is 2.29. The van der Waals surface area contributed by atoms with Crippen molar-refractivity contribution in [1.82, 2.24) is 5.32 Å². The zero-order chi connectivity index (χ0) is 24.3. The van der Waals surface area contributed by atoms with Crippen molar-refractivity contribution in [3.8, 4) is 11.5 Å². The number of anilines is 1. The summed E-state index contributed by atoms with van der Waals surface area (Å²) >= 11 is 0. The van der Waals surface area contributed by atoms with Crippen LogP contribution in [-0.4, -0.2) is 55.5 Å². The molecule has 0 saturated carbocycles. The van der Waals surface area contributed by atoms with Gasteiger partial charge in [0, 0.05) is 12.3 Å². The average Bonchev–Trinajstić information content (AvgIpc) is 2.72. The number of nitrogens with zero attached hydrogens (tertiary/aromatic N) is 1. The summed E-state index contributed by atoms with van der Waals surface area (Å²) in [7, 11) is -4.26. The lowest BCUT2D eigenvalue weighted by molar-refractivity contribution is -0.122. The van der Waals surface area contributed by atoms with Crippen LogP contribution in [0.25, 0.3) is 0 Å². The standard InChI is InChI=1S/C21H28N2O7S2/c1-14(16-7-10-18(11-8-16)31(5,25)26)22-21(24)15(2)23(32(6,27)28)17-9-12-19(29-3)20(13-17)30-4/h7-15H,1-6H3,(H,22,24)/t14-,15+/m1/s1. The quantitative estimate of drug-likeness (QED) is 0.579. The molecule has 0 aromatic heterocycles. The second-order valence-corrected chi connectivity index (χ2v) is 11.2. The van der Waals surface area contributed by atoms with Crippen molar-refractivity contribution in [2.45, 2.75) is 30.8 Å². The molecule has 0 saturated heterocycles. The van der Waals surface area contributed by atoms with E-state index in [2.05, 4.69) is 5.32 Å². The monoisotopic (exact) mass is 484 g/mol. The van der Waals surface area contributed by atoms with Crippen LogP contribution in [0.2, 0.25) is 0 Å². The number of rotatable bonds is 9. The molecular weight excluding hydrogens is 456 g/mol. The normalized spacial score (nSPS) is 13.7. The van der Waals surface area contributed by atoms with Crippen LogP contribution in [-0.2, 0) is 24.7 Å². The van der Waals surface area contributed by atoms with Crippen LogP contribution in [0.5, 0.6) is 11.5 Å². The maximum absolute atomic E-state index is 12.9. The smallest absolute Gasteiger partial charge is 0.244 e. The van der Waals surface area contributed by atoms with Gasteiger partial charge in [0.2, 0.25) is 15.9 Å². The van der Waals surface area contributed by atoms with E-state index in [1.807, 2.05) is 0 Å². The molecule has 1 N–H and O–H groups in total. The van der Waals surface area contributed by atoms with Crippen LogP contribution >= 0.6 is 0 Å². The van der Waals surface area contributed by atoms with E-state index in [4.69, 9.17) is 9.47 Å². The van der Waals surface area contributed by atoms with Gasteiger partial charge in [-0.15, -0.1) is 0 Å². The van der Waals surface area contributed by atoms with Gasteiger partial charge in [0.05, 0.1) is 37.1 Å². The minimum atomic E-state index is -3.82. The van der Waals surface area contributed by atoms with Gasteiger partial charge in [-0.3, -0.25) is 9.10 Å². The van der Waals surface area contributed by atoms with E-state index < -0.39 is 37.9 Å². The number of hydrogen-bond acceptors (Lipinski definition) is 7. The molecule has 0 spiro atoms. The van der Waals surface area contributed by atoms with Crippen molar-refractivity contribution in [1.29, 1.82) is 0 Å². The van der Waals surface area contributed by atoms with Crippen molar-refractivity contribution in [2.24, 2.45) is 0 Å². The number of carbonyl (C=O) groups excluding carboxylic acids is 1.